The van der Waals surface area contributed by atoms with Gasteiger partial charge >= 0.3 is 0 Å². The van der Waals surface area contributed by atoms with Gasteiger partial charge in [0.05, 0.1) is 11.5 Å². The number of benzene rings is 1. The summed E-state index contributed by atoms with van der Waals surface area (Å²) >= 11 is 0. The number of rotatable bonds is 3. The van der Waals surface area contributed by atoms with Gasteiger partial charge in [-0.3, -0.25) is 4.79 Å². The minimum Gasteiger partial charge on any atom is -0.381 e. The van der Waals surface area contributed by atoms with Crippen LogP contribution in [0.5, 0.6) is 0 Å². The summed E-state index contributed by atoms with van der Waals surface area (Å²) in [5, 5.41) is 0. The third-order valence-corrected chi connectivity index (χ3v) is 6.40. The largest absolute Gasteiger partial charge is 0.381 e. The first kappa shape index (κ1) is 14.3. The van der Waals surface area contributed by atoms with Gasteiger partial charge in [-0.05, 0) is 44.1 Å². The molecule has 4 rings (SSSR count). The molecule has 0 aromatic heterocycles. The van der Waals surface area contributed by atoms with Crippen molar-refractivity contribution in [1.29, 1.82) is 0 Å². The molecule has 1 saturated heterocycles. The smallest absolute Gasteiger partial charge is 0.233 e. The van der Waals surface area contributed by atoms with E-state index in [0.717, 1.165) is 38.8 Å². The lowest BCUT2D eigenvalue weighted by Crippen LogP contribution is -2.55. The molecule has 0 bridgehead atoms. The third-order valence-electron chi connectivity index (χ3n) is 6.40. The number of amides is 1. The Balaban J connectivity index is 1.45. The highest BCUT2D eigenvalue weighted by Gasteiger charge is 2.55. The Hall–Kier alpha value is -1.35. The van der Waals surface area contributed by atoms with Gasteiger partial charge in [-0.25, -0.2) is 0 Å². The van der Waals surface area contributed by atoms with Gasteiger partial charge < -0.3 is 9.64 Å². The maximum atomic E-state index is 13.0. The number of carbonyl (C=O) groups excluding carboxylic acids is 1. The molecule has 3 nitrogen and oxygen atoms in total. The third kappa shape index (κ3) is 2.02. The van der Waals surface area contributed by atoms with Gasteiger partial charge in [0.15, 0.2) is 0 Å². The minimum absolute atomic E-state index is 0.202. The fraction of sp³-hybridized carbons (Fsp3) is 0.632. The topological polar surface area (TPSA) is 29.5 Å². The van der Waals surface area contributed by atoms with Gasteiger partial charge in [0, 0.05) is 25.6 Å². The summed E-state index contributed by atoms with van der Waals surface area (Å²) in [6.07, 6.45) is 7.14. The van der Waals surface area contributed by atoms with E-state index in [1.54, 1.807) is 0 Å². The molecule has 1 atom stereocenters. The molecule has 3 fully saturated rings. The van der Waals surface area contributed by atoms with Crippen LogP contribution in [0.4, 0.5) is 0 Å². The molecule has 2 saturated carbocycles. The van der Waals surface area contributed by atoms with Crippen molar-refractivity contribution in [3.63, 3.8) is 0 Å². The van der Waals surface area contributed by atoms with Crippen molar-refractivity contribution in [2.24, 2.45) is 5.41 Å². The Bertz CT molecular complexity index is 554. The van der Waals surface area contributed by atoms with Crippen molar-refractivity contribution >= 4 is 5.91 Å². The van der Waals surface area contributed by atoms with E-state index in [1.165, 1.54) is 18.4 Å². The van der Waals surface area contributed by atoms with Crippen molar-refractivity contribution in [1.82, 2.24) is 4.90 Å². The zero-order valence-electron chi connectivity index (χ0n) is 13.4. The molecule has 118 valence electrons. The number of methoxy groups -OCH3 is 1. The summed E-state index contributed by atoms with van der Waals surface area (Å²) in [5.74, 6) is 0.363. The lowest BCUT2D eigenvalue weighted by molar-refractivity contribution is -0.147. The molecule has 1 amide bonds. The molecule has 1 unspecified atom stereocenters. The van der Waals surface area contributed by atoms with E-state index >= 15 is 0 Å². The molecular formula is C19H25NO2. The second kappa shape index (κ2) is 5.09. The van der Waals surface area contributed by atoms with Gasteiger partial charge in [0.25, 0.3) is 0 Å². The zero-order chi connectivity index (χ0) is 15.2. The molecule has 1 heterocycles. The number of hydrogen-bond donors (Lipinski definition) is 0. The van der Waals surface area contributed by atoms with Crippen LogP contribution < -0.4 is 0 Å². The highest BCUT2D eigenvalue weighted by molar-refractivity contribution is 5.91. The molecule has 3 aliphatic rings. The molecule has 0 N–H and O–H groups in total. The molecule has 3 heteroatoms. The van der Waals surface area contributed by atoms with Gasteiger partial charge in [-0.2, -0.15) is 0 Å². The summed E-state index contributed by atoms with van der Waals surface area (Å²) in [5.41, 5.74) is 1.37. The van der Waals surface area contributed by atoms with E-state index in [4.69, 9.17) is 4.74 Å². The van der Waals surface area contributed by atoms with Gasteiger partial charge in [-0.15, -0.1) is 0 Å². The number of piperidine rings is 1. The average molecular weight is 299 g/mol. The second-order valence-corrected chi connectivity index (χ2v) is 7.37. The quantitative estimate of drug-likeness (QED) is 0.858. The molecule has 1 spiro atoms. The number of hydrogen-bond acceptors (Lipinski definition) is 2. The maximum absolute atomic E-state index is 13.0. The summed E-state index contributed by atoms with van der Waals surface area (Å²) in [6, 6.07) is 10.3. The lowest BCUT2D eigenvalue weighted by atomic mass is 9.60. The number of carbonyl (C=O) groups is 1. The lowest BCUT2D eigenvalue weighted by Gasteiger charge is -2.53. The summed E-state index contributed by atoms with van der Waals surface area (Å²) < 4.78 is 5.62. The fourth-order valence-corrected chi connectivity index (χ4v) is 4.58. The standard InChI is InChI=1S/C19H25NO2/c1-22-16-7-8-18(16)11-13-20(14-12-18)17(21)19(9-10-19)15-5-3-2-4-6-15/h2-6,16H,7-14H2,1H3. The first-order chi connectivity index (χ1) is 10.7. The van der Waals surface area contributed by atoms with Crippen LogP contribution in [0.1, 0.15) is 44.1 Å². The van der Waals surface area contributed by atoms with Gasteiger partial charge in [0.2, 0.25) is 5.91 Å². The van der Waals surface area contributed by atoms with Crippen LogP contribution in [0, 0.1) is 5.41 Å². The van der Waals surface area contributed by atoms with E-state index in [1.807, 2.05) is 25.3 Å². The van der Waals surface area contributed by atoms with E-state index < -0.39 is 0 Å². The van der Waals surface area contributed by atoms with Crippen LogP contribution in [-0.2, 0) is 14.9 Å². The Labute approximate surface area is 132 Å². The first-order valence-corrected chi connectivity index (χ1v) is 8.58. The monoisotopic (exact) mass is 299 g/mol. The van der Waals surface area contributed by atoms with E-state index in [9.17, 15) is 4.79 Å². The fourth-order valence-electron chi connectivity index (χ4n) is 4.58. The normalized spacial score (nSPS) is 28.2. The van der Waals surface area contributed by atoms with Crippen LogP contribution in [0.3, 0.4) is 0 Å². The molecule has 2 aliphatic carbocycles. The predicted molar refractivity (Wildman–Crippen MR) is 85.6 cm³/mol. The summed E-state index contributed by atoms with van der Waals surface area (Å²) in [7, 11) is 1.83. The average Bonchev–Trinajstić information content (AvgIpc) is 3.36. The van der Waals surface area contributed by atoms with Crippen molar-refractivity contribution in [3.05, 3.63) is 35.9 Å². The van der Waals surface area contributed by atoms with Crippen molar-refractivity contribution in [2.45, 2.75) is 50.0 Å². The Morgan fingerprint density at radius 2 is 1.77 bits per heavy atom. The van der Waals surface area contributed by atoms with Crippen LogP contribution in [0.2, 0.25) is 0 Å². The molecule has 1 aliphatic heterocycles. The second-order valence-electron chi connectivity index (χ2n) is 7.37. The van der Waals surface area contributed by atoms with Crippen molar-refractivity contribution in [2.75, 3.05) is 20.2 Å². The van der Waals surface area contributed by atoms with Gasteiger partial charge in [0.1, 0.15) is 0 Å². The highest BCUT2D eigenvalue weighted by atomic mass is 16.5. The van der Waals surface area contributed by atoms with Crippen molar-refractivity contribution < 1.29 is 9.53 Å². The van der Waals surface area contributed by atoms with E-state index in [-0.39, 0.29) is 5.41 Å². The Morgan fingerprint density at radius 1 is 1.09 bits per heavy atom. The Kier molecular flexibility index (Phi) is 3.30. The van der Waals surface area contributed by atoms with Crippen molar-refractivity contribution in [3.8, 4) is 0 Å². The van der Waals surface area contributed by atoms with Crippen LogP contribution in [-0.4, -0.2) is 37.1 Å². The number of nitrogens with zero attached hydrogens (tertiary/aromatic N) is 1. The van der Waals surface area contributed by atoms with E-state index in [0.29, 0.717) is 17.4 Å². The summed E-state index contributed by atoms with van der Waals surface area (Å²) in [6.45, 7) is 1.82. The molecule has 0 radical (unpaired) electrons. The van der Waals surface area contributed by atoms with E-state index in [2.05, 4.69) is 17.0 Å². The Morgan fingerprint density at radius 3 is 2.27 bits per heavy atom. The molecular weight excluding hydrogens is 274 g/mol. The molecule has 1 aromatic carbocycles. The van der Waals surface area contributed by atoms with Crippen LogP contribution in [0.15, 0.2) is 30.3 Å². The highest BCUT2D eigenvalue weighted by Crippen LogP contribution is 2.53. The van der Waals surface area contributed by atoms with Crippen LogP contribution in [0.25, 0.3) is 0 Å². The first-order valence-electron chi connectivity index (χ1n) is 8.58. The zero-order valence-corrected chi connectivity index (χ0v) is 13.4. The maximum Gasteiger partial charge on any atom is 0.233 e. The molecule has 1 aromatic rings. The SMILES string of the molecule is COC1CCC12CCN(C(=O)C1(c3ccccc3)CC1)CC2. The number of ether oxygens (including phenoxy) is 1. The van der Waals surface area contributed by atoms with Gasteiger partial charge in [-0.1, -0.05) is 30.3 Å². The predicted octanol–water partition coefficient (Wildman–Crippen LogP) is 3.14. The summed E-state index contributed by atoms with van der Waals surface area (Å²) in [4.78, 5) is 15.2. The van der Waals surface area contributed by atoms with Crippen LogP contribution >= 0.6 is 0 Å². The number of likely N-dealkylation sites (tertiary alicyclic amines) is 1. The molecule has 22 heavy (non-hydrogen) atoms. The minimum atomic E-state index is -0.202.